The average Bonchev–Trinajstić information content (AvgIpc) is 2.74. The summed E-state index contributed by atoms with van der Waals surface area (Å²) in [5.74, 6) is 0.546. The largest absolute Gasteiger partial charge is 0.296 e. The van der Waals surface area contributed by atoms with Gasteiger partial charge < -0.3 is 0 Å². The van der Waals surface area contributed by atoms with Gasteiger partial charge in [0.25, 0.3) is 0 Å². The van der Waals surface area contributed by atoms with Crippen molar-refractivity contribution in [3.05, 3.63) is 15.9 Å². The Morgan fingerprint density at radius 1 is 1.50 bits per heavy atom. The Kier molecular flexibility index (Phi) is 2.72. The van der Waals surface area contributed by atoms with E-state index in [1.165, 1.54) is 25.7 Å². The van der Waals surface area contributed by atoms with Gasteiger partial charge >= 0.3 is 0 Å². The summed E-state index contributed by atoms with van der Waals surface area (Å²) < 4.78 is 2.55. The Morgan fingerprint density at radius 3 is 2.64 bits per heavy atom. The summed E-state index contributed by atoms with van der Waals surface area (Å²) in [5.41, 5.74) is 1.71. The molecule has 76 valence electrons. The molecular weight excluding hydrogens is 244 g/mol. The minimum absolute atomic E-state index is 0.546. The van der Waals surface area contributed by atoms with E-state index in [0.717, 1.165) is 16.5 Å². The SMILES string of the molecule is Cn1nc(C2CCCC2)c(Br)c1C=O. The molecule has 4 heteroatoms. The van der Waals surface area contributed by atoms with Crippen molar-refractivity contribution in [2.24, 2.45) is 7.05 Å². The molecule has 0 bridgehead atoms. The highest BCUT2D eigenvalue weighted by Gasteiger charge is 2.24. The van der Waals surface area contributed by atoms with E-state index in [0.29, 0.717) is 11.6 Å². The molecule has 1 aromatic heterocycles. The molecule has 2 rings (SSSR count). The quantitative estimate of drug-likeness (QED) is 0.763. The fourth-order valence-electron chi connectivity index (χ4n) is 2.12. The summed E-state index contributed by atoms with van der Waals surface area (Å²) in [6.07, 6.45) is 5.82. The third-order valence-corrected chi connectivity index (χ3v) is 3.72. The fourth-order valence-corrected chi connectivity index (χ4v) is 2.87. The summed E-state index contributed by atoms with van der Waals surface area (Å²) >= 11 is 3.46. The number of halogens is 1. The first-order valence-electron chi connectivity index (χ1n) is 4.91. The van der Waals surface area contributed by atoms with Gasteiger partial charge in [-0.2, -0.15) is 5.10 Å². The minimum Gasteiger partial charge on any atom is -0.296 e. The highest BCUT2D eigenvalue weighted by atomic mass is 79.9. The van der Waals surface area contributed by atoms with E-state index in [1.807, 2.05) is 7.05 Å². The molecule has 0 radical (unpaired) electrons. The molecule has 1 fully saturated rings. The lowest BCUT2D eigenvalue weighted by molar-refractivity contribution is 0.111. The number of carbonyl (C=O) groups is 1. The second-order valence-corrected chi connectivity index (χ2v) is 4.60. The number of rotatable bonds is 2. The van der Waals surface area contributed by atoms with Crippen LogP contribution in [0, 0.1) is 0 Å². The molecule has 0 unspecified atom stereocenters. The maximum atomic E-state index is 10.8. The van der Waals surface area contributed by atoms with Gasteiger partial charge in [-0.25, -0.2) is 0 Å². The Bertz CT molecular complexity index is 353. The van der Waals surface area contributed by atoms with E-state index in [1.54, 1.807) is 4.68 Å². The first-order valence-corrected chi connectivity index (χ1v) is 5.71. The molecule has 1 aromatic rings. The number of aromatic nitrogens is 2. The molecule has 0 saturated heterocycles. The van der Waals surface area contributed by atoms with Crippen molar-refractivity contribution in [1.82, 2.24) is 9.78 Å². The number of aldehydes is 1. The van der Waals surface area contributed by atoms with Crippen LogP contribution < -0.4 is 0 Å². The smallest absolute Gasteiger partial charge is 0.169 e. The van der Waals surface area contributed by atoms with Crippen LogP contribution >= 0.6 is 15.9 Å². The maximum absolute atomic E-state index is 10.8. The molecule has 1 aliphatic carbocycles. The number of hydrogen-bond acceptors (Lipinski definition) is 2. The summed E-state index contributed by atoms with van der Waals surface area (Å²) in [7, 11) is 1.81. The summed E-state index contributed by atoms with van der Waals surface area (Å²) in [6, 6.07) is 0. The molecule has 0 amide bonds. The number of aryl methyl sites for hydroxylation is 1. The summed E-state index contributed by atoms with van der Waals surface area (Å²) in [6.45, 7) is 0. The molecule has 0 aliphatic heterocycles. The van der Waals surface area contributed by atoms with Gasteiger partial charge in [-0.1, -0.05) is 12.8 Å². The molecule has 0 aromatic carbocycles. The van der Waals surface area contributed by atoms with Gasteiger partial charge in [-0.05, 0) is 28.8 Å². The van der Waals surface area contributed by atoms with Crippen LogP contribution in [0.2, 0.25) is 0 Å². The maximum Gasteiger partial charge on any atom is 0.169 e. The second-order valence-electron chi connectivity index (χ2n) is 3.81. The third kappa shape index (κ3) is 1.52. The van der Waals surface area contributed by atoms with Crippen LogP contribution in [0.1, 0.15) is 47.8 Å². The molecule has 3 nitrogen and oxygen atoms in total. The van der Waals surface area contributed by atoms with Crippen LogP contribution in [0.4, 0.5) is 0 Å². The zero-order valence-corrected chi connectivity index (χ0v) is 9.75. The van der Waals surface area contributed by atoms with Crippen LogP contribution in [0.3, 0.4) is 0 Å². The first kappa shape index (κ1) is 9.90. The van der Waals surface area contributed by atoms with Crippen molar-refractivity contribution in [1.29, 1.82) is 0 Å². The lowest BCUT2D eigenvalue weighted by Crippen LogP contribution is -1.98. The lowest BCUT2D eigenvalue weighted by Gasteiger charge is -2.04. The number of carbonyl (C=O) groups excluding carboxylic acids is 1. The second kappa shape index (κ2) is 3.85. The predicted octanol–water partition coefficient (Wildman–Crippen LogP) is 2.65. The Morgan fingerprint density at radius 2 is 2.14 bits per heavy atom. The molecule has 0 N–H and O–H groups in total. The van der Waals surface area contributed by atoms with Crippen molar-refractivity contribution in [2.45, 2.75) is 31.6 Å². The van der Waals surface area contributed by atoms with Crippen LogP contribution in [0.15, 0.2) is 4.47 Å². The Balaban J connectivity index is 2.38. The van der Waals surface area contributed by atoms with E-state index in [2.05, 4.69) is 21.0 Å². The minimum atomic E-state index is 0.546. The van der Waals surface area contributed by atoms with E-state index in [9.17, 15) is 4.79 Å². The van der Waals surface area contributed by atoms with Crippen LogP contribution in [-0.2, 0) is 7.05 Å². The molecule has 0 atom stereocenters. The third-order valence-electron chi connectivity index (χ3n) is 2.91. The molecule has 1 heterocycles. The lowest BCUT2D eigenvalue weighted by atomic mass is 10.0. The van der Waals surface area contributed by atoms with Gasteiger partial charge in [-0.3, -0.25) is 9.48 Å². The zero-order valence-electron chi connectivity index (χ0n) is 8.16. The Labute approximate surface area is 91.6 Å². The molecule has 14 heavy (non-hydrogen) atoms. The normalized spacial score (nSPS) is 17.6. The number of hydrogen-bond donors (Lipinski definition) is 0. The van der Waals surface area contributed by atoms with Crippen molar-refractivity contribution in [3.63, 3.8) is 0 Å². The molecule has 0 spiro atoms. The fraction of sp³-hybridized carbons (Fsp3) is 0.600. The van der Waals surface area contributed by atoms with Crippen molar-refractivity contribution in [2.75, 3.05) is 0 Å². The van der Waals surface area contributed by atoms with Crippen molar-refractivity contribution < 1.29 is 4.79 Å². The highest BCUT2D eigenvalue weighted by molar-refractivity contribution is 9.10. The average molecular weight is 257 g/mol. The topological polar surface area (TPSA) is 34.9 Å². The van der Waals surface area contributed by atoms with Gasteiger partial charge in [0.15, 0.2) is 6.29 Å². The van der Waals surface area contributed by atoms with Crippen molar-refractivity contribution >= 4 is 22.2 Å². The molecule has 1 aliphatic rings. The summed E-state index contributed by atoms with van der Waals surface area (Å²) in [5, 5.41) is 4.40. The predicted molar refractivity (Wildman–Crippen MR) is 57.5 cm³/mol. The summed E-state index contributed by atoms with van der Waals surface area (Å²) in [4.78, 5) is 10.8. The molecule has 1 saturated carbocycles. The van der Waals surface area contributed by atoms with E-state index < -0.39 is 0 Å². The van der Waals surface area contributed by atoms with Gasteiger partial charge in [0.05, 0.1) is 10.2 Å². The Hall–Kier alpha value is -0.640. The van der Waals surface area contributed by atoms with Crippen LogP contribution in [0.5, 0.6) is 0 Å². The van der Waals surface area contributed by atoms with Gasteiger partial charge in [0.1, 0.15) is 5.69 Å². The standard InChI is InChI=1S/C10H13BrN2O/c1-13-8(6-14)9(11)10(12-13)7-4-2-3-5-7/h6-7H,2-5H2,1H3. The molecular formula is C10H13BrN2O. The first-order chi connectivity index (χ1) is 6.74. The van der Waals surface area contributed by atoms with E-state index in [-0.39, 0.29) is 0 Å². The van der Waals surface area contributed by atoms with Gasteiger partial charge in [-0.15, -0.1) is 0 Å². The van der Waals surface area contributed by atoms with Crippen LogP contribution in [0.25, 0.3) is 0 Å². The van der Waals surface area contributed by atoms with Crippen LogP contribution in [-0.4, -0.2) is 16.1 Å². The van der Waals surface area contributed by atoms with E-state index in [4.69, 9.17) is 0 Å². The van der Waals surface area contributed by atoms with Gasteiger partial charge in [0.2, 0.25) is 0 Å². The number of nitrogens with zero attached hydrogens (tertiary/aromatic N) is 2. The highest BCUT2D eigenvalue weighted by Crippen LogP contribution is 2.37. The van der Waals surface area contributed by atoms with Crippen molar-refractivity contribution in [3.8, 4) is 0 Å². The van der Waals surface area contributed by atoms with E-state index >= 15 is 0 Å². The monoisotopic (exact) mass is 256 g/mol. The zero-order chi connectivity index (χ0) is 10.1. The van der Waals surface area contributed by atoms with Gasteiger partial charge in [0, 0.05) is 13.0 Å².